The van der Waals surface area contributed by atoms with Gasteiger partial charge in [0, 0.05) is 17.7 Å². The Bertz CT molecular complexity index is 964. The van der Waals surface area contributed by atoms with Crippen molar-refractivity contribution >= 4 is 11.8 Å². The van der Waals surface area contributed by atoms with Gasteiger partial charge < -0.3 is 14.3 Å². The number of ether oxygens (including phenoxy) is 1. The summed E-state index contributed by atoms with van der Waals surface area (Å²) in [7, 11) is 1.62. The highest BCUT2D eigenvalue weighted by molar-refractivity contribution is 8.00. The first-order valence-corrected chi connectivity index (χ1v) is 10.7. The van der Waals surface area contributed by atoms with E-state index in [1.807, 2.05) is 42.5 Å². The topological polar surface area (TPSA) is 59.7 Å². The summed E-state index contributed by atoms with van der Waals surface area (Å²) in [6.07, 6.45) is 3.23. The predicted octanol–water partition coefficient (Wildman–Crippen LogP) is 5.45. The van der Waals surface area contributed by atoms with Crippen LogP contribution in [0.3, 0.4) is 0 Å². The van der Waals surface area contributed by atoms with Gasteiger partial charge in [0.15, 0.2) is 0 Å². The van der Waals surface area contributed by atoms with Crippen LogP contribution in [0, 0.1) is 0 Å². The molecule has 1 atom stereocenters. The van der Waals surface area contributed by atoms with Crippen LogP contribution in [0.5, 0.6) is 11.5 Å². The maximum absolute atomic E-state index is 12.6. The van der Waals surface area contributed by atoms with Crippen LogP contribution in [0.25, 0.3) is 0 Å². The standard InChI is InChI=1S/C24H26O4S/c1-3-7-21(15-17-8-5-4-6-9-17)29-23-22(25)16-20(28-24(23)26)14-18-10-12-19(27-2)13-11-18/h4-6,8-13,16,21,25H,3,7,14-15H2,1-2H3. The van der Waals surface area contributed by atoms with Crippen LogP contribution in [0.15, 0.2) is 74.8 Å². The predicted molar refractivity (Wildman–Crippen MR) is 117 cm³/mol. The molecule has 29 heavy (non-hydrogen) atoms. The molecule has 1 aromatic heterocycles. The van der Waals surface area contributed by atoms with Gasteiger partial charge in [0.2, 0.25) is 0 Å². The van der Waals surface area contributed by atoms with E-state index in [0.29, 0.717) is 12.2 Å². The molecule has 0 spiro atoms. The third-order valence-electron chi connectivity index (χ3n) is 4.68. The SMILES string of the molecule is CCCC(Cc1ccccc1)Sc1c(O)cc(Cc2ccc(OC)cc2)oc1=O. The molecule has 0 aliphatic heterocycles. The lowest BCUT2D eigenvalue weighted by atomic mass is 10.1. The smallest absolute Gasteiger partial charge is 0.353 e. The minimum atomic E-state index is -0.479. The number of hydrogen-bond acceptors (Lipinski definition) is 5. The van der Waals surface area contributed by atoms with Crippen molar-refractivity contribution in [3.8, 4) is 11.5 Å². The molecule has 0 amide bonds. The van der Waals surface area contributed by atoms with E-state index in [1.165, 1.54) is 17.3 Å². The van der Waals surface area contributed by atoms with E-state index >= 15 is 0 Å². The van der Waals surface area contributed by atoms with Gasteiger partial charge in [-0.1, -0.05) is 55.8 Å². The number of hydrogen-bond donors (Lipinski definition) is 1. The van der Waals surface area contributed by atoms with Crippen LogP contribution in [0.2, 0.25) is 0 Å². The largest absolute Gasteiger partial charge is 0.506 e. The fourth-order valence-corrected chi connectivity index (χ4v) is 4.51. The molecule has 1 unspecified atom stereocenters. The Morgan fingerprint density at radius 3 is 2.41 bits per heavy atom. The third kappa shape index (κ3) is 5.91. The van der Waals surface area contributed by atoms with E-state index in [0.717, 1.165) is 30.6 Å². The first-order chi connectivity index (χ1) is 14.1. The lowest BCUT2D eigenvalue weighted by Gasteiger charge is -2.16. The maximum Gasteiger partial charge on any atom is 0.353 e. The lowest BCUT2D eigenvalue weighted by Crippen LogP contribution is -2.12. The zero-order valence-electron chi connectivity index (χ0n) is 16.8. The Balaban J connectivity index is 1.75. The van der Waals surface area contributed by atoms with E-state index in [2.05, 4.69) is 19.1 Å². The van der Waals surface area contributed by atoms with Crippen LogP contribution in [0.4, 0.5) is 0 Å². The molecule has 0 saturated carbocycles. The van der Waals surface area contributed by atoms with Gasteiger partial charge in [-0.25, -0.2) is 4.79 Å². The van der Waals surface area contributed by atoms with E-state index in [9.17, 15) is 9.90 Å². The zero-order valence-corrected chi connectivity index (χ0v) is 17.6. The lowest BCUT2D eigenvalue weighted by molar-refractivity contribution is 0.405. The molecular weight excluding hydrogens is 384 g/mol. The molecule has 0 radical (unpaired) electrons. The highest BCUT2D eigenvalue weighted by atomic mass is 32.2. The molecule has 1 N–H and O–H groups in total. The number of benzene rings is 2. The summed E-state index contributed by atoms with van der Waals surface area (Å²) < 4.78 is 10.7. The summed E-state index contributed by atoms with van der Waals surface area (Å²) in [5, 5.41) is 10.7. The molecule has 0 aliphatic carbocycles. The van der Waals surface area contributed by atoms with Crippen molar-refractivity contribution in [3.05, 3.63) is 88.0 Å². The fraction of sp³-hybridized carbons (Fsp3) is 0.292. The summed E-state index contributed by atoms with van der Waals surface area (Å²) in [6.45, 7) is 2.12. The summed E-state index contributed by atoms with van der Waals surface area (Å²) in [6, 6.07) is 19.3. The highest BCUT2D eigenvalue weighted by Gasteiger charge is 2.18. The van der Waals surface area contributed by atoms with Crippen molar-refractivity contribution < 1.29 is 14.3 Å². The first kappa shape index (κ1) is 21.1. The number of rotatable bonds is 9. The number of thioether (sulfide) groups is 1. The Kier molecular flexibility index (Phi) is 7.42. The molecular formula is C24H26O4S. The van der Waals surface area contributed by atoms with E-state index in [4.69, 9.17) is 9.15 Å². The van der Waals surface area contributed by atoms with Gasteiger partial charge >= 0.3 is 5.63 Å². The van der Waals surface area contributed by atoms with Gasteiger partial charge in [-0.3, -0.25) is 0 Å². The molecule has 152 valence electrons. The highest BCUT2D eigenvalue weighted by Crippen LogP contribution is 2.33. The van der Waals surface area contributed by atoms with E-state index < -0.39 is 5.63 Å². The van der Waals surface area contributed by atoms with Crippen LogP contribution in [-0.4, -0.2) is 17.5 Å². The molecule has 4 nitrogen and oxygen atoms in total. The average Bonchev–Trinajstić information content (AvgIpc) is 2.72. The van der Waals surface area contributed by atoms with Crippen LogP contribution < -0.4 is 10.4 Å². The monoisotopic (exact) mass is 410 g/mol. The minimum Gasteiger partial charge on any atom is -0.506 e. The van der Waals surface area contributed by atoms with Crippen LogP contribution >= 0.6 is 11.8 Å². The van der Waals surface area contributed by atoms with Gasteiger partial charge in [-0.2, -0.15) is 0 Å². The third-order valence-corrected chi connectivity index (χ3v) is 6.03. The van der Waals surface area contributed by atoms with Gasteiger partial charge in [0.05, 0.1) is 7.11 Å². The molecule has 2 aromatic carbocycles. The molecule has 0 fully saturated rings. The van der Waals surface area contributed by atoms with Gasteiger partial charge in [0.1, 0.15) is 22.2 Å². The molecule has 0 saturated heterocycles. The second-order valence-corrected chi connectivity index (χ2v) is 8.27. The summed E-state index contributed by atoms with van der Waals surface area (Å²) in [5.74, 6) is 1.20. The second kappa shape index (κ2) is 10.2. The Hall–Kier alpha value is -2.66. The summed E-state index contributed by atoms with van der Waals surface area (Å²) in [4.78, 5) is 12.9. The average molecular weight is 411 g/mol. The zero-order chi connectivity index (χ0) is 20.6. The molecule has 3 rings (SSSR count). The maximum atomic E-state index is 12.6. The molecule has 0 bridgehead atoms. The van der Waals surface area contributed by atoms with Crippen LogP contribution in [0.1, 0.15) is 36.7 Å². The normalized spacial score (nSPS) is 11.9. The van der Waals surface area contributed by atoms with Crippen molar-refractivity contribution in [2.24, 2.45) is 0 Å². The number of methoxy groups -OCH3 is 1. The van der Waals surface area contributed by atoms with Crippen molar-refractivity contribution in [3.63, 3.8) is 0 Å². The van der Waals surface area contributed by atoms with Crippen LogP contribution in [-0.2, 0) is 12.8 Å². The molecule has 3 aromatic rings. The van der Waals surface area contributed by atoms with Crippen molar-refractivity contribution in [1.82, 2.24) is 0 Å². The van der Waals surface area contributed by atoms with Crippen molar-refractivity contribution in [1.29, 1.82) is 0 Å². The van der Waals surface area contributed by atoms with E-state index in [1.54, 1.807) is 13.2 Å². The van der Waals surface area contributed by atoms with Gasteiger partial charge in [0.25, 0.3) is 0 Å². The Morgan fingerprint density at radius 1 is 1.07 bits per heavy atom. The Labute approximate surface area is 175 Å². The molecule has 5 heteroatoms. The summed E-state index contributed by atoms with van der Waals surface area (Å²) in [5.41, 5.74) is 1.72. The second-order valence-electron chi connectivity index (χ2n) is 6.96. The fourth-order valence-electron chi connectivity index (χ4n) is 3.23. The van der Waals surface area contributed by atoms with Crippen molar-refractivity contribution in [2.45, 2.75) is 42.8 Å². The van der Waals surface area contributed by atoms with Gasteiger partial charge in [-0.05, 0) is 36.1 Å². The molecule has 1 heterocycles. The molecule has 0 aliphatic rings. The minimum absolute atomic E-state index is 0.0103. The van der Waals surface area contributed by atoms with Crippen molar-refractivity contribution in [2.75, 3.05) is 7.11 Å². The Morgan fingerprint density at radius 2 is 1.79 bits per heavy atom. The quantitative estimate of drug-likeness (QED) is 0.476. The van der Waals surface area contributed by atoms with E-state index in [-0.39, 0.29) is 15.9 Å². The first-order valence-electron chi connectivity index (χ1n) is 9.78. The van der Waals surface area contributed by atoms with Gasteiger partial charge in [-0.15, -0.1) is 11.8 Å². The summed E-state index contributed by atoms with van der Waals surface area (Å²) >= 11 is 1.41. The number of aromatic hydroxyl groups is 1.